The molecule has 3 aromatic rings. The second kappa shape index (κ2) is 7.17. The molecule has 2 heterocycles. The van der Waals surface area contributed by atoms with E-state index in [2.05, 4.69) is 20.8 Å². The molecule has 4 rings (SSSR count). The van der Waals surface area contributed by atoms with Crippen LogP contribution in [0.2, 0.25) is 0 Å². The number of benzene rings is 2. The Morgan fingerprint density at radius 2 is 1.63 bits per heavy atom. The van der Waals surface area contributed by atoms with E-state index in [1.165, 1.54) is 0 Å². The standard InChI is InChI=1S/C21H17N3O2S/c25-27(26,19-7-2-1-3-8-19)24-18-6-4-5-17(15-18)21-20(11-14-23-21)16-9-12-22-13-10-16/h1-13,15,24H,14H2. The zero-order valence-electron chi connectivity index (χ0n) is 14.4. The zero-order chi connectivity index (χ0) is 18.7. The second-order valence-corrected chi connectivity index (χ2v) is 7.72. The van der Waals surface area contributed by atoms with E-state index in [0.29, 0.717) is 12.2 Å². The highest BCUT2D eigenvalue weighted by molar-refractivity contribution is 7.92. The van der Waals surface area contributed by atoms with Crippen molar-refractivity contribution in [2.45, 2.75) is 4.90 Å². The Kier molecular flexibility index (Phi) is 4.56. The van der Waals surface area contributed by atoms with Crippen molar-refractivity contribution >= 4 is 27.0 Å². The summed E-state index contributed by atoms with van der Waals surface area (Å²) in [7, 11) is -3.63. The number of nitrogens with zero attached hydrogens (tertiary/aromatic N) is 2. The number of anilines is 1. The van der Waals surface area contributed by atoms with Gasteiger partial charge in [0.1, 0.15) is 0 Å². The summed E-state index contributed by atoms with van der Waals surface area (Å²) in [6.45, 7) is 0.604. The Morgan fingerprint density at radius 1 is 0.852 bits per heavy atom. The van der Waals surface area contributed by atoms with Crippen LogP contribution < -0.4 is 4.72 Å². The fourth-order valence-corrected chi connectivity index (χ4v) is 4.06. The minimum absolute atomic E-state index is 0.228. The monoisotopic (exact) mass is 375 g/mol. The van der Waals surface area contributed by atoms with Crippen LogP contribution in [0.4, 0.5) is 5.69 Å². The van der Waals surface area contributed by atoms with E-state index in [1.54, 1.807) is 54.9 Å². The third kappa shape index (κ3) is 3.66. The van der Waals surface area contributed by atoms with Gasteiger partial charge < -0.3 is 0 Å². The molecule has 1 aromatic heterocycles. The number of sulfonamides is 1. The van der Waals surface area contributed by atoms with E-state index < -0.39 is 10.0 Å². The Morgan fingerprint density at radius 3 is 2.41 bits per heavy atom. The van der Waals surface area contributed by atoms with Crippen LogP contribution in [-0.2, 0) is 10.0 Å². The number of aromatic nitrogens is 1. The Labute approximate surface area is 158 Å². The molecule has 0 fully saturated rings. The highest BCUT2D eigenvalue weighted by Crippen LogP contribution is 2.26. The second-order valence-electron chi connectivity index (χ2n) is 6.04. The Balaban J connectivity index is 1.63. The summed E-state index contributed by atoms with van der Waals surface area (Å²) in [5.41, 5.74) is 4.28. The molecule has 5 nitrogen and oxygen atoms in total. The van der Waals surface area contributed by atoms with Gasteiger partial charge in [0.2, 0.25) is 0 Å². The molecule has 134 valence electrons. The molecule has 0 spiro atoms. The molecule has 2 aromatic carbocycles. The molecule has 0 aliphatic carbocycles. The van der Waals surface area contributed by atoms with Crippen LogP contribution in [0.15, 0.2) is 95.1 Å². The number of nitrogens with one attached hydrogen (secondary N) is 1. The lowest BCUT2D eigenvalue weighted by Crippen LogP contribution is -2.13. The van der Waals surface area contributed by atoms with Gasteiger partial charge in [-0.1, -0.05) is 36.4 Å². The molecule has 0 atom stereocenters. The smallest absolute Gasteiger partial charge is 0.261 e. The van der Waals surface area contributed by atoms with Crippen LogP contribution in [0, 0.1) is 0 Å². The molecular weight excluding hydrogens is 358 g/mol. The van der Waals surface area contributed by atoms with Gasteiger partial charge in [0.15, 0.2) is 0 Å². The van der Waals surface area contributed by atoms with E-state index in [0.717, 1.165) is 22.4 Å². The van der Waals surface area contributed by atoms with Crippen LogP contribution in [0.1, 0.15) is 11.1 Å². The number of pyridine rings is 1. The third-order valence-corrected chi connectivity index (χ3v) is 5.63. The fourth-order valence-electron chi connectivity index (χ4n) is 2.99. The zero-order valence-corrected chi connectivity index (χ0v) is 15.2. The molecule has 0 amide bonds. The average molecular weight is 375 g/mol. The SMILES string of the molecule is O=S(=O)(Nc1cccc(C2=NCC=C2c2ccncc2)c1)c1ccccc1. The van der Waals surface area contributed by atoms with Crippen molar-refractivity contribution in [1.29, 1.82) is 0 Å². The van der Waals surface area contributed by atoms with Gasteiger partial charge in [-0.15, -0.1) is 0 Å². The fraction of sp³-hybridized carbons (Fsp3) is 0.0476. The summed E-state index contributed by atoms with van der Waals surface area (Å²) in [4.78, 5) is 8.87. The van der Waals surface area contributed by atoms with Gasteiger partial charge in [0, 0.05) is 29.2 Å². The Hall–Kier alpha value is -3.25. The molecule has 1 aliphatic heterocycles. The maximum Gasteiger partial charge on any atom is 0.261 e. The third-order valence-electron chi connectivity index (χ3n) is 4.23. The van der Waals surface area contributed by atoms with Crippen LogP contribution in [0.3, 0.4) is 0 Å². The summed E-state index contributed by atoms with van der Waals surface area (Å²) in [5, 5.41) is 0. The van der Waals surface area contributed by atoms with E-state index in [4.69, 9.17) is 0 Å². The number of aliphatic imine (C=N–C) groups is 1. The average Bonchev–Trinajstić information content (AvgIpc) is 3.19. The molecule has 0 unspecified atom stereocenters. The normalized spacial score (nSPS) is 13.8. The quantitative estimate of drug-likeness (QED) is 0.738. The topological polar surface area (TPSA) is 71.4 Å². The first-order valence-electron chi connectivity index (χ1n) is 8.47. The van der Waals surface area contributed by atoms with Gasteiger partial charge in [0.25, 0.3) is 10.0 Å². The molecule has 6 heteroatoms. The molecule has 1 N–H and O–H groups in total. The number of hydrogen-bond acceptors (Lipinski definition) is 4. The molecule has 0 saturated heterocycles. The van der Waals surface area contributed by atoms with Crippen LogP contribution in [0.5, 0.6) is 0 Å². The number of rotatable bonds is 5. The van der Waals surface area contributed by atoms with E-state index >= 15 is 0 Å². The summed E-state index contributed by atoms with van der Waals surface area (Å²) in [6, 6.07) is 19.5. The largest absolute Gasteiger partial charge is 0.280 e. The number of allylic oxidation sites excluding steroid dienone is 1. The maximum atomic E-state index is 12.6. The van der Waals surface area contributed by atoms with Crippen molar-refractivity contribution in [1.82, 2.24) is 4.98 Å². The molecule has 0 saturated carbocycles. The summed E-state index contributed by atoms with van der Waals surface area (Å²) >= 11 is 0. The van der Waals surface area contributed by atoms with Crippen molar-refractivity contribution in [2.75, 3.05) is 11.3 Å². The highest BCUT2D eigenvalue weighted by atomic mass is 32.2. The summed E-state index contributed by atoms with van der Waals surface area (Å²) < 4.78 is 27.8. The van der Waals surface area contributed by atoms with Crippen molar-refractivity contribution in [3.05, 3.63) is 96.3 Å². The molecule has 1 aliphatic rings. The first-order valence-corrected chi connectivity index (χ1v) is 9.95. The molecule has 0 radical (unpaired) electrons. The van der Waals surface area contributed by atoms with Crippen LogP contribution in [0.25, 0.3) is 5.57 Å². The van der Waals surface area contributed by atoms with Gasteiger partial charge in [-0.3, -0.25) is 14.7 Å². The molecule has 0 bridgehead atoms. The van der Waals surface area contributed by atoms with Crippen molar-refractivity contribution in [2.24, 2.45) is 4.99 Å². The van der Waals surface area contributed by atoms with Crippen molar-refractivity contribution < 1.29 is 8.42 Å². The van der Waals surface area contributed by atoms with Gasteiger partial charge in [-0.25, -0.2) is 8.42 Å². The first-order chi connectivity index (χ1) is 13.1. The van der Waals surface area contributed by atoms with Crippen molar-refractivity contribution in [3.63, 3.8) is 0 Å². The van der Waals surface area contributed by atoms with Crippen molar-refractivity contribution in [3.8, 4) is 0 Å². The van der Waals surface area contributed by atoms with Crippen LogP contribution >= 0.6 is 0 Å². The summed E-state index contributed by atoms with van der Waals surface area (Å²) in [6.07, 6.45) is 5.55. The predicted molar refractivity (Wildman–Crippen MR) is 107 cm³/mol. The lowest BCUT2D eigenvalue weighted by molar-refractivity contribution is 0.601. The lowest BCUT2D eigenvalue weighted by Gasteiger charge is -2.11. The number of hydrogen-bond donors (Lipinski definition) is 1. The van der Waals surface area contributed by atoms with E-state index in [1.807, 2.05) is 24.3 Å². The summed E-state index contributed by atoms with van der Waals surface area (Å²) in [5.74, 6) is 0. The minimum atomic E-state index is -3.63. The first kappa shape index (κ1) is 17.2. The predicted octanol–water partition coefficient (Wildman–Crippen LogP) is 3.77. The Bertz CT molecular complexity index is 1120. The van der Waals surface area contributed by atoms with Gasteiger partial charge >= 0.3 is 0 Å². The van der Waals surface area contributed by atoms with Crippen LogP contribution in [-0.4, -0.2) is 25.7 Å². The molecule has 27 heavy (non-hydrogen) atoms. The van der Waals surface area contributed by atoms with Gasteiger partial charge in [-0.05, 0) is 42.0 Å². The van der Waals surface area contributed by atoms with Gasteiger partial charge in [-0.2, -0.15) is 0 Å². The van der Waals surface area contributed by atoms with Gasteiger partial charge in [0.05, 0.1) is 17.2 Å². The molecular formula is C21H17N3O2S. The minimum Gasteiger partial charge on any atom is -0.280 e. The van der Waals surface area contributed by atoms with E-state index in [-0.39, 0.29) is 4.90 Å². The van der Waals surface area contributed by atoms with E-state index in [9.17, 15) is 8.42 Å². The maximum absolute atomic E-state index is 12.6. The highest BCUT2D eigenvalue weighted by Gasteiger charge is 2.18. The lowest BCUT2D eigenvalue weighted by atomic mass is 9.97.